The highest BCUT2D eigenvalue weighted by Crippen LogP contribution is 2.16. The van der Waals surface area contributed by atoms with Crippen molar-refractivity contribution in [3.63, 3.8) is 0 Å². The first-order chi connectivity index (χ1) is 16.5. The van der Waals surface area contributed by atoms with Crippen LogP contribution in [0.2, 0.25) is 0 Å². The molecule has 0 spiro atoms. The second-order valence-electron chi connectivity index (χ2n) is 7.35. The standard InChI is InChI=1S/C24H21N7O3/c25-22(33)17-10-12-18(13-11-17)23-28-30-31(29-23)15-21(32)27-20-9-5-4-8-19(20)24(34)26-14-16-6-2-1-3-7-16/h1-13H,14-15H2,(H2,25,33)(H,26,34)(H,27,32). The maximum absolute atomic E-state index is 12.7. The quantitative estimate of drug-likeness (QED) is 0.371. The molecule has 3 aromatic carbocycles. The van der Waals surface area contributed by atoms with Crippen LogP contribution < -0.4 is 16.4 Å². The number of nitrogens with two attached hydrogens (primary N) is 1. The second kappa shape index (κ2) is 10.2. The number of para-hydroxylation sites is 1. The number of hydrogen-bond acceptors (Lipinski definition) is 6. The number of rotatable bonds is 8. The summed E-state index contributed by atoms with van der Waals surface area (Å²) in [6, 6.07) is 22.7. The van der Waals surface area contributed by atoms with E-state index in [1.165, 1.54) is 0 Å². The molecule has 4 rings (SSSR count). The highest BCUT2D eigenvalue weighted by molar-refractivity contribution is 6.03. The van der Waals surface area contributed by atoms with Crippen LogP contribution in [-0.2, 0) is 17.9 Å². The van der Waals surface area contributed by atoms with Gasteiger partial charge in [-0.15, -0.1) is 10.2 Å². The molecule has 0 saturated carbocycles. The van der Waals surface area contributed by atoms with Crippen LogP contribution in [0.4, 0.5) is 5.69 Å². The molecule has 4 aromatic rings. The molecule has 0 radical (unpaired) electrons. The zero-order chi connectivity index (χ0) is 23.9. The van der Waals surface area contributed by atoms with Gasteiger partial charge in [0.25, 0.3) is 5.91 Å². The molecule has 0 atom stereocenters. The van der Waals surface area contributed by atoms with Crippen molar-refractivity contribution in [2.75, 3.05) is 5.32 Å². The Hall–Kier alpha value is -4.86. The SMILES string of the molecule is NC(=O)c1ccc(-c2nnn(CC(=O)Nc3ccccc3C(=O)NCc3ccccc3)n2)cc1. The molecule has 1 heterocycles. The van der Waals surface area contributed by atoms with Crippen molar-refractivity contribution >= 4 is 23.4 Å². The lowest BCUT2D eigenvalue weighted by molar-refractivity contribution is -0.117. The van der Waals surface area contributed by atoms with Crippen molar-refractivity contribution in [3.05, 3.63) is 95.6 Å². The van der Waals surface area contributed by atoms with Gasteiger partial charge in [-0.3, -0.25) is 14.4 Å². The highest BCUT2D eigenvalue weighted by Gasteiger charge is 2.15. The summed E-state index contributed by atoms with van der Waals surface area (Å²) >= 11 is 0. The lowest BCUT2D eigenvalue weighted by Crippen LogP contribution is -2.26. The Morgan fingerprint density at radius 1 is 0.882 bits per heavy atom. The fraction of sp³-hybridized carbons (Fsp3) is 0.0833. The van der Waals surface area contributed by atoms with Gasteiger partial charge in [-0.25, -0.2) is 0 Å². The maximum atomic E-state index is 12.7. The summed E-state index contributed by atoms with van der Waals surface area (Å²) in [6.07, 6.45) is 0. The van der Waals surface area contributed by atoms with Gasteiger partial charge in [0.1, 0.15) is 6.54 Å². The third kappa shape index (κ3) is 5.49. The first-order valence-corrected chi connectivity index (χ1v) is 10.4. The summed E-state index contributed by atoms with van der Waals surface area (Å²) in [4.78, 5) is 37.6. The largest absolute Gasteiger partial charge is 0.366 e. The number of anilines is 1. The Balaban J connectivity index is 1.39. The normalized spacial score (nSPS) is 10.5. The van der Waals surface area contributed by atoms with Crippen LogP contribution in [0.1, 0.15) is 26.3 Å². The van der Waals surface area contributed by atoms with Crippen molar-refractivity contribution in [1.82, 2.24) is 25.5 Å². The van der Waals surface area contributed by atoms with Gasteiger partial charge < -0.3 is 16.4 Å². The van der Waals surface area contributed by atoms with E-state index in [9.17, 15) is 14.4 Å². The van der Waals surface area contributed by atoms with Crippen LogP contribution in [0.15, 0.2) is 78.9 Å². The first-order valence-electron chi connectivity index (χ1n) is 10.4. The van der Waals surface area contributed by atoms with E-state index in [2.05, 4.69) is 26.0 Å². The van der Waals surface area contributed by atoms with Crippen molar-refractivity contribution in [2.45, 2.75) is 13.1 Å². The molecular weight excluding hydrogens is 434 g/mol. The number of carbonyl (C=O) groups excluding carboxylic acids is 3. The molecule has 3 amide bonds. The number of benzene rings is 3. The van der Waals surface area contributed by atoms with Crippen molar-refractivity contribution < 1.29 is 14.4 Å². The van der Waals surface area contributed by atoms with Gasteiger partial charge in [0, 0.05) is 17.7 Å². The molecule has 0 aliphatic rings. The number of amides is 3. The van der Waals surface area contributed by atoms with Crippen LogP contribution in [0.5, 0.6) is 0 Å². The lowest BCUT2D eigenvalue weighted by atomic mass is 10.1. The van der Waals surface area contributed by atoms with Crippen molar-refractivity contribution in [1.29, 1.82) is 0 Å². The molecule has 0 unspecified atom stereocenters. The number of nitrogens with one attached hydrogen (secondary N) is 2. The Bertz CT molecular complexity index is 1320. The summed E-state index contributed by atoms with van der Waals surface area (Å²) in [5.41, 5.74) is 7.91. The Kier molecular flexibility index (Phi) is 6.68. The monoisotopic (exact) mass is 455 g/mol. The summed E-state index contributed by atoms with van der Waals surface area (Å²) in [7, 11) is 0. The van der Waals surface area contributed by atoms with Crippen molar-refractivity contribution in [3.8, 4) is 11.4 Å². The molecule has 34 heavy (non-hydrogen) atoms. The lowest BCUT2D eigenvalue weighted by Gasteiger charge is -2.11. The fourth-order valence-corrected chi connectivity index (χ4v) is 3.19. The van der Waals surface area contributed by atoms with E-state index >= 15 is 0 Å². The second-order valence-corrected chi connectivity index (χ2v) is 7.35. The van der Waals surface area contributed by atoms with Gasteiger partial charge in [-0.05, 0) is 35.0 Å². The molecule has 0 saturated heterocycles. The van der Waals surface area contributed by atoms with E-state index in [0.29, 0.717) is 34.7 Å². The molecule has 1 aromatic heterocycles. The van der Waals surface area contributed by atoms with E-state index in [-0.39, 0.29) is 12.5 Å². The van der Waals surface area contributed by atoms with Crippen LogP contribution >= 0.6 is 0 Å². The van der Waals surface area contributed by atoms with Gasteiger partial charge in [0.15, 0.2) is 0 Å². The minimum absolute atomic E-state index is 0.202. The number of carbonyl (C=O) groups is 3. The van der Waals surface area contributed by atoms with E-state index in [4.69, 9.17) is 5.73 Å². The van der Waals surface area contributed by atoms with Gasteiger partial charge in [0.05, 0.1) is 11.3 Å². The Labute approximate surface area is 194 Å². The van der Waals surface area contributed by atoms with Gasteiger partial charge in [-0.2, -0.15) is 4.80 Å². The van der Waals surface area contributed by atoms with E-state index < -0.39 is 11.8 Å². The number of aromatic nitrogens is 4. The van der Waals surface area contributed by atoms with E-state index in [1.807, 2.05) is 30.3 Å². The zero-order valence-electron chi connectivity index (χ0n) is 18.0. The van der Waals surface area contributed by atoms with Crippen LogP contribution in [0.3, 0.4) is 0 Å². The van der Waals surface area contributed by atoms with Crippen LogP contribution in [0.25, 0.3) is 11.4 Å². The average molecular weight is 455 g/mol. The summed E-state index contributed by atoms with van der Waals surface area (Å²) in [6.45, 7) is 0.167. The Morgan fingerprint density at radius 3 is 2.32 bits per heavy atom. The smallest absolute Gasteiger partial charge is 0.253 e. The summed E-state index contributed by atoms with van der Waals surface area (Å²) in [5, 5.41) is 17.6. The Morgan fingerprint density at radius 2 is 1.59 bits per heavy atom. The molecule has 4 N–H and O–H groups in total. The number of tetrazole rings is 1. The van der Waals surface area contributed by atoms with Gasteiger partial charge in [-0.1, -0.05) is 54.6 Å². The molecule has 10 heteroatoms. The zero-order valence-corrected chi connectivity index (χ0v) is 18.0. The third-order valence-corrected chi connectivity index (χ3v) is 4.91. The number of primary amides is 1. The fourth-order valence-electron chi connectivity index (χ4n) is 3.19. The van der Waals surface area contributed by atoms with Crippen LogP contribution in [-0.4, -0.2) is 37.9 Å². The maximum Gasteiger partial charge on any atom is 0.253 e. The predicted octanol–water partition coefficient (Wildman–Crippen LogP) is 2.01. The van der Waals surface area contributed by atoms with Gasteiger partial charge >= 0.3 is 0 Å². The van der Waals surface area contributed by atoms with Gasteiger partial charge in [0.2, 0.25) is 17.6 Å². The van der Waals surface area contributed by atoms with E-state index in [1.54, 1.807) is 48.5 Å². The molecule has 0 bridgehead atoms. The minimum atomic E-state index is -0.533. The molecule has 0 fully saturated rings. The minimum Gasteiger partial charge on any atom is -0.366 e. The van der Waals surface area contributed by atoms with Crippen LogP contribution in [0, 0.1) is 0 Å². The summed E-state index contributed by atoms with van der Waals surface area (Å²) < 4.78 is 0. The third-order valence-electron chi connectivity index (χ3n) is 4.91. The molecule has 170 valence electrons. The number of nitrogens with zero attached hydrogens (tertiary/aromatic N) is 4. The number of hydrogen-bond donors (Lipinski definition) is 3. The predicted molar refractivity (Wildman–Crippen MR) is 124 cm³/mol. The molecule has 0 aliphatic carbocycles. The topological polar surface area (TPSA) is 145 Å². The average Bonchev–Trinajstić information content (AvgIpc) is 3.32. The highest BCUT2D eigenvalue weighted by atomic mass is 16.2. The molecule has 10 nitrogen and oxygen atoms in total. The van der Waals surface area contributed by atoms with Crippen molar-refractivity contribution in [2.24, 2.45) is 5.73 Å². The molecular formula is C24H21N7O3. The molecule has 0 aliphatic heterocycles. The van der Waals surface area contributed by atoms with E-state index in [0.717, 1.165) is 10.4 Å². The summed E-state index contributed by atoms with van der Waals surface area (Å²) in [5.74, 6) is -0.963. The first kappa shape index (κ1) is 22.3.